The van der Waals surface area contributed by atoms with Gasteiger partial charge in [0.15, 0.2) is 11.6 Å². The smallest absolute Gasteiger partial charge is 0.165 e. The summed E-state index contributed by atoms with van der Waals surface area (Å²) >= 11 is 0. The van der Waals surface area contributed by atoms with Gasteiger partial charge < -0.3 is 4.74 Å². The fourth-order valence-corrected chi connectivity index (χ4v) is 4.54. The first kappa shape index (κ1) is 20.2. The molecule has 1 aliphatic carbocycles. The molecule has 1 saturated carbocycles. The van der Waals surface area contributed by atoms with E-state index < -0.39 is 11.6 Å². The minimum Gasteiger partial charge on any atom is -0.368 e. The maximum atomic E-state index is 14.6. The molecule has 2 fully saturated rings. The Hall–Kier alpha value is -2.07. The molecule has 0 bridgehead atoms. The van der Waals surface area contributed by atoms with E-state index in [0.717, 1.165) is 44.1 Å². The van der Waals surface area contributed by atoms with Crippen LogP contribution in [0.5, 0.6) is 0 Å². The van der Waals surface area contributed by atoms with Crippen molar-refractivity contribution in [2.24, 2.45) is 5.92 Å². The van der Waals surface area contributed by atoms with Crippen molar-refractivity contribution in [3.8, 4) is 0 Å². The predicted octanol–water partition coefficient (Wildman–Crippen LogP) is 7.11. The van der Waals surface area contributed by atoms with Crippen LogP contribution in [0.25, 0.3) is 6.08 Å². The summed E-state index contributed by atoms with van der Waals surface area (Å²) in [5, 5.41) is 0. The zero-order chi connectivity index (χ0) is 20.4. The lowest BCUT2D eigenvalue weighted by atomic mass is 9.76. The number of rotatable bonds is 6. The van der Waals surface area contributed by atoms with Crippen molar-refractivity contribution < 1.29 is 17.9 Å². The SMILES string of the molecule is C/C=C/c1ccc(CCC2CCC(c3ccc(C4CO4)c(F)c3F)CC2)cc1F. The van der Waals surface area contributed by atoms with E-state index in [-0.39, 0.29) is 17.8 Å². The molecule has 4 heteroatoms. The lowest BCUT2D eigenvalue weighted by molar-refractivity contribution is 0.304. The van der Waals surface area contributed by atoms with Crippen LogP contribution in [0.3, 0.4) is 0 Å². The molecule has 2 aromatic carbocycles. The third-order valence-corrected chi connectivity index (χ3v) is 6.36. The number of ether oxygens (including phenoxy) is 1. The van der Waals surface area contributed by atoms with Gasteiger partial charge in [0, 0.05) is 11.1 Å². The largest absolute Gasteiger partial charge is 0.368 e. The Kier molecular flexibility index (Phi) is 6.09. The molecule has 1 heterocycles. The van der Waals surface area contributed by atoms with Crippen LogP contribution < -0.4 is 0 Å². The minimum absolute atomic E-state index is 0.0764. The first-order chi connectivity index (χ1) is 14.1. The summed E-state index contributed by atoms with van der Waals surface area (Å²) < 4.78 is 48.0. The molecule has 1 unspecified atom stereocenters. The Morgan fingerprint density at radius 1 is 0.966 bits per heavy atom. The molecule has 29 heavy (non-hydrogen) atoms. The van der Waals surface area contributed by atoms with E-state index in [4.69, 9.17) is 4.74 Å². The standard InChI is InChI=1S/C25H27F3O/c1-2-3-19-11-8-17(14-22(19)26)5-4-16-6-9-18(10-7-16)20-12-13-21(23-15-29-23)25(28)24(20)27/h2-3,8,11-14,16,18,23H,4-7,9-10,15H2,1H3/b3-2+. The molecule has 4 rings (SSSR count). The van der Waals surface area contributed by atoms with Gasteiger partial charge in [0.1, 0.15) is 11.9 Å². The topological polar surface area (TPSA) is 12.5 Å². The van der Waals surface area contributed by atoms with Crippen LogP contribution in [0.1, 0.15) is 73.3 Å². The molecule has 0 spiro atoms. The number of benzene rings is 2. The normalized spacial score (nSPS) is 24.2. The van der Waals surface area contributed by atoms with Gasteiger partial charge in [-0.3, -0.25) is 0 Å². The van der Waals surface area contributed by atoms with Crippen LogP contribution in [-0.2, 0) is 11.2 Å². The molecule has 0 N–H and O–H groups in total. The highest BCUT2D eigenvalue weighted by molar-refractivity contribution is 5.50. The summed E-state index contributed by atoms with van der Waals surface area (Å²) in [6.07, 6.45) is 8.92. The second kappa shape index (κ2) is 8.74. The van der Waals surface area contributed by atoms with Crippen LogP contribution in [-0.4, -0.2) is 6.61 Å². The van der Waals surface area contributed by atoms with Crippen molar-refractivity contribution in [2.45, 2.75) is 57.5 Å². The van der Waals surface area contributed by atoms with Gasteiger partial charge in [-0.1, -0.05) is 36.4 Å². The van der Waals surface area contributed by atoms with Crippen molar-refractivity contribution in [1.82, 2.24) is 0 Å². The van der Waals surface area contributed by atoms with Gasteiger partial charge in [-0.2, -0.15) is 0 Å². The number of hydrogen-bond donors (Lipinski definition) is 0. The van der Waals surface area contributed by atoms with Gasteiger partial charge in [-0.15, -0.1) is 0 Å². The Labute approximate surface area is 170 Å². The summed E-state index contributed by atoms with van der Waals surface area (Å²) in [5.41, 5.74) is 2.48. The lowest BCUT2D eigenvalue weighted by Gasteiger charge is -2.29. The van der Waals surface area contributed by atoms with Crippen molar-refractivity contribution >= 4 is 6.08 Å². The molecule has 0 amide bonds. The van der Waals surface area contributed by atoms with E-state index in [1.807, 2.05) is 25.1 Å². The quantitative estimate of drug-likeness (QED) is 0.471. The van der Waals surface area contributed by atoms with Gasteiger partial charge >= 0.3 is 0 Å². The molecule has 154 valence electrons. The monoisotopic (exact) mass is 400 g/mol. The second-order valence-electron chi connectivity index (χ2n) is 8.31. The highest BCUT2D eigenvalue weighted by Gasteiger charge is 2.32. The number of halogens is 3. The fraction of sp³-hybridized carbons (Fsp3) is 0.440. The molecule has 0 aromatic heterocycles. The van der Waals surface area contributed by atoms with E-state index in [1.54, 1.807) is 24.3 Å². The number of hydrogen-bond acceptors (Lipinski definition) is 1. The highest BCUT2D eigenvalue weighted by atomic mass is 19.2. The Bertz CT molecular complexity index is 893. The number of allylic oxidation sites excluding steroid dienone is 1. The zero-order valence-corrected chi connectivity index (χ0v) is 16.8. The minimum atomic E-state index is -0.740. The molecule has 2 aromatic rings. The van der Waals surface area contributed by atoms with E-state index in [1.165, 1.54) is 0 Å². The van der Waals surface area contributed by atoms with Crippen LogP contribution >= 0.6 is 0 Å². The third kappa shape index (κ3) is 4.58. The van der Waals surface area contributed by atoms with Gasteiger partial charge in [0.25, 0.3) is 0 Å². The van der Waals surface area contributed by atoms with Crippen molar-refractivity contribution in [2.75, 3.05) is 6.61 Å². The van der Waals surface area contributed by atoms with Crippen molar-refractivity contribution in [1.29, 1.82) is 0 Å². The maximum absolute atomic E-state index is 14.6. The molecule has 0 radical (unpaired) electrons. The van der Waals surface area contributed by atoms with E-state index in [0.29, 0.717) is 29.2 Å². The van der Waals surface area contributed by atoms with Crippen LogP contribution in [0, 0.1) is 23.4 Å². The summed E-state index contributed by atoms with van der Waals surface area (Å²) in [6.45, 7) is 2.35. The maximum Gasteiger partial charge on any atom is 0.165 e. The average molecular weight is 400 g/mol. The van der Waals surface area contributed by atoms with Gasteiger partial charge in [0.05, 0.1) is 6.61 Å². The molecule has 1 saturated heterocycles. The van der Waals surface area contributed by atoms with Crippen LogP contribution in [0.2, 0.25) is 0 Å². The van der Waals surface area contributed by atoms with Gasteiger partial charge in [-0.25, -0.2) is 13.2 Å². The molecule has 1 atom stereocenters. The summed E-state index contributed by atoms with van der Waals surface area (Å²) in [5.74, 6) is -0.987. The predicted molar refractivity (Wildman–Crippen MR) is 109 cm³/mol. The fourth-order valence-electron chi connectivity index (χ4n) is 4.54. The van der Waals surface area contributed by atoms with Gasteiger partial charge in [0.2, 0.25) is 0 Å². The molecule has 1 aliphatic heterocycles. The Morgan fingerprint density at radius 2 is 1.66 bits per heavy atom. The Balaban J connectivity index is 1.32. The Morgan fingerprint density at radius 3 is 2.31 bits per heavy atom. The highest BCUT2D eigenvalue weighted by Crippen LogP contribution is 2.41. The van der Waals surface area contributed by atoms with Crippen LogP contribution in [0.4, 0.5) is 13.2 Å². The summed E-state index contributed by atoms with van der Waals surface area (Å²) in [6, 6.07) is 8.88. The van der Waals surface area contributed by atoms with E-state index in [2.05, 4.69) is 0 Å². The second-order valence-corrected chi connectivity index (χ2v) is 8.31. The number of epoxide rings is 1. The van der Waals surface area contributed by atoms with Crippen LogP contribution in [0.15, 0.2) is 36.4 Å². The molecular formula is C25H27F3O. The lowest BCUT2D eigenvalue weighted by Crippen LogP contribution is -2.16. The first-order valence-corrected chi connectivity index (χ1v) is 10.6. The van der Waals surface area contributed by atoms with Crippen molar-refractivity contribution in [3.05, 3.63) is 76.1 Å². The van der Waals surface area contributed by atoms with Crippen molar-refractivity contribution in [3.63, 3.8) is 0 Å². The summed E-state index contributed by atoms with van der Waals surface area (Å²) in [4.78, 5) is 0. The molecular weight excluding hydrogens is 373 g/mol. The van der Waals surface area contributed by atoms with E-state index >= 15 is 0 Å². The number of aryl methyl sites for hydroxylation is 1. The average Bonchev–Trinajstić information content (AvgIpc) is 3.56. The van der Waals surface area contributed by atoms with Gasteiger partial charge in [-0.05, 0) is 74.5 Å². The first-order valence-electron chi connectivity index (χ1n) is 10.6. The molecule has 1 nitrogen and oxygen atoms in total. The zero-order valence-electron chi connectivity index (χ0n) is 16.8. The van der Waals surface area contributed by atoms with E-state index in [9.17, 15) is 13.2 Å². The summed E-state index contributed by atoms with van der Waals surface area (Å²) in [7, 11) is 0. The molecule has 2 aliphatic rings. The third-order valence-electron chi connectivity index (χ3n) is 6.36.